The van der Waals surface area contributed by atoms with E-state index < -0.39 is 0 Å². The molecule has 0 radical (unpaired) electrons. The molecule has 2 aromatic heterocycles. The van der Waals surface area contributed by atoms with Crippen molar-refractivity contribution < 1.29 is 18.7 Å². The van der Waals surface area contributed by atoms with Gasteiger partial charge in [-0.1, -0.05) is 24.3 Å². The van der Waals surface area contributed by atoms with Crippen LogP contribution in [0.2, 0.25) is 0 Å². The summed E-state index contributed by atoms with van der Waals surface area (Å²) in [6, 6.07) is 8.03. The molecule has 1 aliphatic rings. The minimum atomic E-state index is -0.353. The number of hydrogen-bond donors (Lipinski definition) is 0. The van der Waals surface area contributed by atoms with E-state index in [9.17, 15) is 4.79 Å². The molecule has 0 aliphatic carbocycles. The zero-order valence-electron chi connectivity index (χ0n) is 17.8. The summed E-state index contributed by atoms with van der Waals surface area (Å²) in [5.74, 6) is 1.05. The molecule has 7 nitrogen and oxygen atoms in total. The third-order valence-electron chi connectivity index (χ3n) is 5.78. The summed E-state index contributed by atoms with van der Waals surface area (Å²) >= 11 is 0. The van der Waals surface area contributed by atoms with Crippen molar-refractivity contribution in [1.82, 2.24) is 14.5 Å². The Morgan fingerprint density at radius 2 is 2.06 bits per heavy atom. The summed E-state index contributed by atoms with van der Waals surface area (Å²) < 4.78 is 19.8. The number of carbonyl (C=O) groups is 1. The van der Waals surface area contributed by atoms with Gasteiger partial charge < -0.3 is 18.5 Å². The lowest BCUT2D eigenvalue weighted by Crippen LogP contribution is -2.33. The highest BCUT2D eigenvalue weighted by Crippen LogP contribution is 2.44. The Kier molecular flexibility index (Phi) is 5.11. The molecular weight excluding hydrogens is 394 g/mol. The zero-order valence-corrected chi connectivity index (χ0v) is 17.8. The van der Waals surface area contributed by atoms with Gasteiger partial charge in [0.1, 0.15) is 29.4 Å². The number of imidazole rings is 1. The van der Waals surface area contributed by atoms with Crippen LogP contribution in [0, 0.1) is 6.92 Å². The molecule has 0 bridgehead atoms. The largest absolute Gasteiger partial charge is 0.477 e. The van der Waals surface area contributed by atoms with Crippen LogP contribution < -0.4 is 4.74 Å². The minimum absolute atomic E-state index is 0.317. The van der Waals surface area contributed by atoms with Crippen molar-refractivity contribution in [2.75, 3.05) is 19.9 Å². The van der Waals surface area contributed by atoms with E-state index in [1.807, 2.05) is 50.6 Å². The Labute approximate surface area is 180 Å². The van der Waals surface area contributed by atoms with Crippen molar-refractivity contribution in [3.8, 4) is 5.75 Å². The lowest BCUT2D eigenvalue weighted by Gasteiger charge is -2.30. The van der Waals surface area contributed by atoms with E-state index >= 15 is 0 Å². The van der Waals surface area contributed by atoms with E-state index in [1.54, 1.807) is 6.20 Å². The molecule has 3 heterocycles. The van der Waals surface area contributed by atoms with Gasteiger partial charge in [0, 0.05) is 53.8 Å². The van der Waals surface area contributed by atoms with Crippen LogP contribution in [0.5, 0.6) is 5.75 Å². The second-order valence-electron chi connectivity index (χ2n) is 7.79. The Morgan fingerprint density at radius 1 is 1.23 bits per heavy atom. The standard InChI is InChI=1S/C24H25N3O4/c1-3-29-24(28)20-16(2)31-23-18-8-5-4-7-17(18)22-19(21(20)23)13-27(15-30-22)11-6-10-26-12-9-25-14-26/h4-5,7-9,12,14H,3,6,10-11,13,15H2,1-2H3. The zero-order chi connectivity index (χ0) is 21.4. The number of aryl methyl sites for hydroxylation is 2. The molecule has 4 aromatic rings. The van der Waals surface area contributed by atoms with Gasteiger partial charge in [-0.15, -0.1) is 0 Å². The van der Waals surface area contributed by atoms with E-state index in [-0.39, 0.29) is 5.97 Å². The topological polar surface area (TPSA) is 69.7 Å². The van der Waals surface area contributed by atoms with Gasteiger partial charge in [-0.2, -0.15) is 0 Å². The van der Waals surface area contributed by atoms with E-state index in [4.69, 9.17) is 13.9 Å². The van der Waals surface area contributed by atoms with Crippen LogP contribution in [0.25, 0.3) is 21.7 Å². The third-order valence-corrected chi connectivity index (χ3v) is 5.78. The molecule has 0 atom stereocenters. The van der Waals surface area contributed by atoms with Crippen LogP contribution in [0.4, 0.5) is 0 Å². The monoisotopic (exact) mass is 419 g/mol. The number of aromatic nitrogens is 2. The van der Waals surface area contributed by atoms with Gasteiger partial charge in [0.25, 0.3) is 0 Å². The van der Waals surface area contributed by atoms with Crippen LogP contribution >= 0.6 is 0 Å². The molecular formula is C24H25N3O4. The number of ether oxygens (including phenoxy) is 2. The SMILES string of the molecule is CCOC(=O)c1c(C)oc2c1c1c(c3ccccc32)OCN(CCCn2ccnc2)C1. The first-order chi connectivity index (χ1) is 15.2. The maximum absolute atomic E-state index is 12.8. The second kappa shape index (κ2) is 8.07. The molecule has 0 saturated heterocycles. The quantitative estimate of drug-likeness (QED) is 0.428. The maximum atomic E-state index is 12.8. The van der Waals surface area contributed by atoms with Gasteiger partial charge in [-0.25, -0.2) is 9.78 Å². The highest BCUT2D eigenvalue weighted by molar-refractivity contribution is 6.16. The van der Waals surface area contributed by atoms with Gasteiger partial charge in [-0.3, -0.25) is 4.90 Å². The number of esters is 1. The fourth-order valence-electron chi connectivity index (χ4n) is 4.41. The van der Waals surface area contributed by atoms with Crippen LogP contribution in [0.15, 0.2) is 47.4 Å². The number of benzene rings is 2. The first kappa shape index (κ1) is 19.6. The number of fused-ring (bicyclic) bond motifs is 6. The van der Waals surface area contributed by atoms with Crippen molar-refractivity contribution in [2.24, 2.45) is 0 Å². The molecule has 7 heteroatoms. The van der Waals surface area contributed by atoms with Crippen molar-refractivity contribution in [3.63, 3.8) is 0 Å². The summed E-state index contributed by atoms with van der Waals surface area (Å²) in [4.78, 5) is 19.2. The predicted octanol–water partition coefficient (Wildman–Crippen LogP) is 4.51. The van der Waals surface area contributed by atoms with E-state index in [0.29, 0.717) is 31.2 Å². The normalized spacial score (nSPS) is 14.0. The Morgan fingerprint density at radius 3 is 2.84 bits per heavy atom. The van der Waals surface area contributed by atoms with E-state index in [2.05, 4.69) is 14.5 Å². The summed E-state index contributed by atoms with van der Waals surface area (Å²) in [6.07, 6.45) is 6.57. The molecule has 0 amide bonds. The molecule has 31 heavy (non-hydrogen) atoms. The Bertz CT molecular complexity index is 1240. The highest BCUT2D eigenvalue weighted by atomic mass is 16.5. The molecule has 0 unspecified atom stereocenters. The van der Waals surface area contributed by atoms with Crippen LogP contribution in [-0.2, 0) is 17.8 Å². The lowest BCUT2D eigenvalue weighted by molar-refractivity contribution is 0.0526. The first-order valence-electron chi connectivity index (χ1n) is 10.6. The average molecular weight is 419 g/mol. The fourth-order valence-corrected chi connectivity index (χ4v) is 4.41. The van der Waals surface area contributed by atoms with Gasteiger partial charge in [0.15, 0.2) is 0 Å². The Hall–Kier alpha value is -3.32. The van der Waals surface area contributed by atoms with E-state index in [1.165, 1.54) is 0 Å². The Balaban J connectivity index is 1.56. The molecule has 0 saturated carbocycles. The average Bonchev–Trinajstić information content (AvgIpc) is 3.41. The second-order valence-corrected chi connectivity index (χ2v) is 7.79. The lowest BCUT2D eigenvalue weighted by atomic mass is 9.96. The smallest absolute Gasteiger partial charge is 0.342 e. The van der Waals surface area contributed by atoms with Crippen LogP contribution in [0.3, 0.4) is 0 Å². The van der Waals surface area contributed by atoms with Crippen molar-refractivity contribution in [2.45, 2.75) is 33.4 Å². The molecule has 2 aromatic carbocycles. The predicted molar refractivity (Wildman–Crippen MR) is 117 cm³/mol. The van der Waals surface area contributed by atoms with Crippen LogP contribution in [-0.4, -0.2) is 40.3 Å². The number of rotatable bonds is 6. The van der Waals surface area contributed by atoms with Gasteiger partial charge in [0.2, 0.25) is 0 Å². The van der Waals surface area contributed by atoms with Gasteiger partial charge >= 0.3 is 5.97 Å². The summed E-state index contributed by atoms with van der Waals surface area (Å²) in [5, 5.41) is 2.76. The summed E-state index contributed by atoms with van der Waals surface area (Å²) in [7, 11) is 0. The number of hydrogen-bond acceptors (Lipinski definition) is 6. The van der Waals surface area contributed by atoms with E-state index in [0.717, 1.165) is 52.6 Å². The van der Waals surface area contributed by atoms with Crippen molar-refractivity contribution in [1.29, 1.82) is 0 Å². The van der Waals surface area contributed by atoms with Gasteiger partial charge in [0.05, 0.1) is 12.9 Å². The van der Waals surface area contributed by atoms with Crippen molar-refractivity contribution >= 4 is 27.7 Å². The number of nitrogens with zero attached hydrogens (tertiary/aromatic N) is 3. The number of furan rings is 1. The fraction of sp³-hybridized carbons (Fsp3) is 0.333. The van der Waals surface area contributed by atoms with Gasteiger partial charge in [-0.05, 0) is 20.3 Å². The summed E-state index contributed by atoms with van der Waals surface area (Å²) in [6.45, 7) is 6.92. The minimum Gasteiger partial charge on any atom is -0.477 e. The molecule has 0 spiro atoms. The van der Waals surface area contributed by atoms with Crippen LogP contribution in [0.1, 0.15) is 35.0 Å². The third kappa shape index (κ3) is 3.45. The highest BCUT2D eigenvalue weighted by Gasteiger charge is 2.30. The van der Waals surface area contributed by atoms with Crippen molar-refractivity contribution in [3.05, 3.63) is 59.9 Å². The first-order valence-corrected chi connectivity index (χ1v) is 10.6. The molecule has 1 aliphatic heterocycles. The molecule has 5 rings (SSSR count). The number of carbonyl (C=O) groups excluding carboxylic acids is 1. The maximum Gasteiger partial charge on any atom is 0.342 e. The molecule has 160 valence electrons. The molecule has 0 fully saturated rings. The summed E-state index contributed by atoms with van der Waals surface area (Å²) in [5.41, 5.74) is 2.21. The molecule has 0 N–H and O–H groups in total.